The van der Waals surface area contributed by atoms with Gasteiger partial charge in [-0.3, -0.25) is 4.79 Å². The Bertz CT molecular complexity index is 932. The first kappa shape index (κ1) is 21.7. The molecule has 0 spiro atoms. The van der Waals surface area contributed by atoms with E-state index in [-0.39, 0.29) is 30.5 Å². The van der Waals surface area contributed by atoms with Crippen LogP contribution in [0.2, 0.25) is 0 Å². The van der Waals surface area contributed by atoms with Crippen molar-refractivity contribution in [3.8, 4) is 0 Å². The van der Waals surface area contributed by atoms with Gasteiger partial charge in [0.05, 0.1) is 5.56 Å². The van der Waals surface area contributed by atoms with E-state index in [1.807, 2.05) is 12.1 Å². The Labute approximate surface area is 177 Å². The first-order valence-electron chi connectivity index (χ1n) is 10.3. The van der Waals surface area contributed by atoms with E-state index in [1.165, 1.54) is 12.1 Å². The van der Waals surface area contributed by atoms with E-state index < -0.39 is 23.6 Å². The van der Waals surface area contributed by atoms with Crippen LogP contribution >= 0.6 is 0 Å². The molecule has 2 aromatic carbocycles. The van der Waals surface area contributed by atoms with Crippen LogP contribution in [0.1, 0.15) is 59.5 Å². The molecule has 2 aliphatic carbocycles. The lowest BCUT2D eigenvalue weighted by molar-refractivity contribution is -0.137. The van der Waals surface area contributed by atoms with Gasteiger partial charge in [0, 0.05) is 42.1 Å². The molecule has 2 fully saturated rings. The standard InChI is InChI=1S/C23H23F5N2O/c24-22(25)10-8-18(9-11-22)29-20-13-19(20)14-4-6-17(7-5-14)30-21(31)15-2-1-3-16(12-15)23(26,27)28/h1-7,12,18-20,29H,8-11,13H2,(H,30,31)/t19-,20+/m0/s1. The molecule has 0 aromatic heterocycles. The van der Waals surface area contributed by atoms with Crippen molar-refractivity contribution in [2.24, 2.45) is 0 Å². The van der Waals surface area contributed by atoms with Crippen LogP contribution in [0, 0.1) is 0 Å². The number of alkyl halides is 5. The van der Waals surface area contributed by atoms with Gasteiger partial charge >= 0.3 is 6.18 Å². The summed E-state index contributed by atoms with van der Waals surface area (Å²) in [5, 5.41) is 6.08. The van der Waals surface area contributed by atoms with Crippen LogP contribution in [0.5, 0.6) is 0 Å². The summed E-state index contributed by atoms with van der Waals surface area (Å²) in [7, 11) is 0. The van der Waals surface area contributed by atoms with Gasteiger partial charge in [0.2, 0.25) is 5.92 Å². The van der Waals surface area contributed by atoms with E-state index in [0.717, 1.165) is 24.1 Å². The number of halogens is 5. The summed E-state index contributed by atoms with van der Waals surface area (Å²) < 4.78 is 65.0. The number of hydrogen-bond donors (Lipinski definition) is 2. The Balaban J connectivity index is 1.31. The maximum atomic E-state index is 13.3. The summed E-state index contributed by atoms with van der Waals surface area (Å²) in [5.74, 6) is -2.84. The summed E-state index contributed by atoms with van der Waals surface area (Å²) >= 11 is 0. The minimum absolute atomic E-state index is 0.0663. The number of carbonyl (C=O) groups excluding carboxylic acids is 1. The van der Waals surface area contributed by atoms with Crippen LogP contribution in [-0.2, 0) is 6.18 Å². The molecule has 0 radical (unpaired) electrons. The van der Waals surface area contributed by atoms with Gasteiger partial charge in [0.25, 0.3) is 5.91 Å². The highest BCUT2D eigenvalue weighted by molar-refractivity contribution is 6.04. The molecule has 2 saturated carbocycles. The van der Waals surface area contributed by atoms with Gasteiger partial charge in [-0.2, -0.15) is 13.2 Å². The lowest BCUT2D eigenvalue weighted by Crippen LogP contribution is -2.38. The number of benzene rings is 2. The smallest absolute Gasteiger partial charge is 0.322 e. The zero-order valence-corrected chi connectivity index (χ0v) is 16.7. The van der Waals surface area contributed by atoms with Gasteiger partial charge < -0.3 is 10.6 Å². The van der Waals surface area contributed by atoms with E-state index in [4.69, 9.17) is 0 Å². The number of carbonyl (C=O) groups is 1. The average molecular weight is 438 g/mol. The third kappa shape index (κ3) is 5.42. The molecule has 4 rings (SSSR count). The van der Waals surface area contributed by atoms with Crippen molar-refractivity contribution in [3.63, 3.8) is 0 Å². The quantitative estimate of drug-likeness (QED) is 0.564. The average Bonchev–Trinajstić information content (AvgIpc) is 3.49. The molecule has 31 heavy (non-hydrogen) atoms. The first-order valence-corrected chi connectivity index (χ1v) is 10.3. The van der Waals surface area contributed by atoms with Crippen molar-refractivity contribution < 1.29 is 26.7 Å². The fourth-order valence-corrected chi connectivity index (χ4v) is 4.11. The first-order chi connectivity index (χ1) is 14.6. The van der Waals surface area contributed by atoms with Gasteiger partial charge in [-0.1, -0.05) is 18.2 Å². The molecular formula is C23H23F5N2O. The summed E-state index contributed by atoms with van der Waals surface area (Å²) in [6.07, 6.45) is -2.74. The topological polar surface area (TPSA) is 41.1 Å². The summed E-state index contributed by atoms with van der Waals surface area (Å²) in [6, 6.07) is 11.9. The SMILES string of the molecule is O=C(Nc1ccc([C@@H]2C[C@H]2NC2CCC(F)(F)CC2)cc1)c1cccc(C(F)(F)F)c1. The van der Waals surface area contributed by atoms with Crippen LogP contribution in [0.15, 0.2) is 48.5 Å². The van der Waals surface area contributed by atoms with Crippen LogP contribution in [0.4, 0.5) is 27.6 Å². The van der Waals surface area contributed by atoms with Crippen molar-refractivity contribution in [1.82, 2.24) is 5.32 Å². The molecule has 0 bridgehead atoms. The fraction of sp³-hybridized carbons (Fsp3) is 0.435. The molecule has 2 aliphatic rings. The summed E-state index contributed by atoms with van der Waals surface area (Å²) in [6.45, 7) is 0. The fourth-order valence-electron chi connectivity index (χ4n) is 4.11. The van der Waals surface area contributed by atoms with E-state index in [2.05, 4.69) is 10.6 Å². The van der Waals surface area contributed by atoms with Crippen molar-refractivity contribution in [1.29, 1.82) is 0 Å². The van der Waals surface area contributed by atoms with E-state index in [9.17, 15) is 26.7 Å². The van der Waals surface area contributed by atoms with E-state index in [0.29, 0.717) is 24.4 Å². The maximum absolute atomic E-state index is 13.3. The molecule has 2 aromatic rings. The third-order valence-electron chi connectivity index (χ3n) is 6.01. The molecule has 2 atom stereocenters. The Morgan fingerprint density at radius 2 is 1.68 bits per heavy atom. The van der Waals surface area contributed by atoms with Crippen molar-refractivity contribution in [3.05, 3.63) is 65.2 Å². The molecule has 0 heterocycles. The Hall–Kier alpha value is -2.48. The van der Waals surface area contributed by atoms with Crippen LogP contribution in [0.3, 0.4) is 0 Å². The van der Waals surface area contributed by atoms with Gasteiger partial charge in [0.15, 0.2) is 0 Å². The summed E-state index contributed by atoms with van der Waals surface area (Å²) in [4.78, 5) is 12.3. The van der Waals surface area contributed by atoms with Crippen LogP contribution in [0.25, 0.3) is 0 Å². The maximum Gasteiger partial charge on any atom is 0.416 e. The highest BCUT2D eigenvalue weighted by Crippen LogP contribution is 2.43. The predicted molar refractivity (Wildman–Crippen MR) is 107 cm³/mol. The van der Waals surface area contributed by atoms with Gasteiger partial charge in [-0.25, -0.2) is 8.78 Å². The van der Waals surface area contributed by atoms with E-state index >= 15 is 0 Å². The lowest BCUT2D eigenvalue weighted by atomic mass is 9.92. The Morgan fingerprint density at radius 3 is 2.32 bits per heavy atom. The second-order valence-corrected chi connectivity index (χ2v) is 8.40. The molecular weight excluding hydrogens is 415 g/mol. The normalized spacial score (nSPS) is 23.4. The number of rotatable bonds is 5. The van der Waals surface area contributed by atoms with Crippen LogP contribution < -0.4 is 10.6 Å². The monoisotopic (exact) mass is 438 g/mol. The zero-order chi connectivity index (χ0) is 22.2. The second kappa shape index (κ2) is 8.22. The number of nitrogens with one attached hydrogen (secondary N) is 2. The van der Waals surface area contributed by atoms with Crippen molar-refractivity contribution >= 4 is 11.6 Å². The minimum Gasteiger partial charge on any atom is -0.322 e. The zero-order valence-electron chi connectivity index (χ0n) is 16.7. The summed E-state index contributed by atoms with van der Waals surface area (Å²) in [5.41, 5.74) is 0.634. The number of anilines is 1. The molecule has 0 aliphatic heterocycles. The predicted octanol–water partition coefficient (Wildman–Crippen LogP) is 5.98. The van der Waals surface area contributed by atoms with Crippen molar-refractivity contribution in [2.45, 2.75) is 62.2 Å². The van der Waals surface area contributed by atoms with Crippen LogP contribution in [-0.4, -0.2) is 23.9 Å². The highest BCUT2D eigenvalue weighted by Gasteiger charge is 2.42. The van der Waals surface area contributed by atoms with E-state index in [1.54, 1.807) is 12.1 Å². The van der Waals surface area contributed by atoms with Gasteiger partial charge in [0.1, 0.15) is 0 Å². The Kier molecular flexibility index (Phi) is 5.77. The molecule has 0 unspecified atom stereocenters. The third-order valence-corrected chi connectivity index (χ3v) is 6.01. The molecule has 2 N–H and O–H groups in total. The highest BCUT2D eigenvalue weighted by atomic mass is 19.4. The number of amides is 1. The van der Waals surface area contributed by atoms with Gasteiger partial charge in [-0.15, -0.1) is 0 Å². The molecule has 3 nitrogen and oxygen atoms in total. The van der Waals surface area contributed by atoms with Gasteiger partial charge in [-0.05, 0) is 55.2 Å². The molecule has 166 valence electrons. The largest absolute Gasteiger partial charge is 0.416 e. The number of hydrogen-bond acceptors (Lipinski definition) is 2. The minimum atomic E-state index is -4.51. The molecule has 8 heteroatoms. The molecule has 0 saturated heterocycles. The second-order valence-electron chi connectivity index (χ2n) is 8.40. The molecule has 1 amide bonds. The Morgan fingerprint density at radius 1 is 1.00 bits per heavy atom. The lowest BCUT2D eigenvalue weighted by Gasteiger charge is -2.29. The van der Waals surface area contributed by atoms with Crippen molar-refractivity contribution in [2.75, 3.05) is 5.32 Å².